The van der Waals surface area contributed by atoms with Crippen LogP contribution in [-0.4, -0.2) is 6.71 Å². The van der Waals surface area contributed by atoms with E-state index in [4.69, 9.17) is 4.42 Å². The maximum atomic E-state index is 7.43. The quantitative estimate of drug-likeness (QED) is 0.162. The number of nitrogens with zero attached hydrogens (tertiary/aromatic N) is 2. The van der Waals surface area contributed by atoms with Gasteiger partial charge in [-0.15, -0.1) is 0 Å². The van der Waals surface area contributed by atoms with Gasteiger partial charge in [0.1, 0.15) is 5.58 Å². The van der Waals surface area contributed by atoms with Gasteiger partial charge in [0.15, 0.2) is 0 Å². The summed E-state index contributed by atoms with van der Waals surface area (Å²) in [7, 11) is 0. The Labute approximate surface area is 367 Å². The van der Waals surface area contributed by atoms with Crippen molar-refractivity contribution in [3.05, 3.63) is 124 Å². The van der Waals surface area contributed by atoms with Gasteiger partial charge in [0.25, 0.3) is 6.71 Å². The molecule has 5 aromatic carbocycles. The van der Waals surface area contributed by atoms with Crippen molar-refractivity contribution in [2.45, 2.75) is 162 Å². The number of benzene rings is 5. The predicted molar refractivity (Wildman–Crippen MR) is 263 cm³/mol. The summed E-state index contributed by atoms with van der Waals surface area (Å²) < 4.78 is 7.43. The van der Waals surface area contributed by atoms with E-state index in [0.29, 0.717) is 0 Å². The normalized spacial score (nSPS) is 19.2. The second kappa shape index (κ2) is 12.7. The summed E-state index contributed by atoms with van der Waals surface area (Å²) in [5.74, 6) is 0. The highest BCUT2D eigenvalue weighted by molar-refractivity contribution is 7.00. The summed E-state index contributed by atoms with van der Waals surface area (Å²) in [5, 5.41) is 1.17. The Balaban J connectivity index is 1.33. The van der Waals surface area contributed by atoms with E-state index in [2.05, 4.69) is 199 Å². The standard InChI is InChI=1S/C57H67BN2O/c1-34-28-46-49-47(29-34)60(37-19-16-35(17-20-37)52(2,3)4)50-39-22-18-36(53(5,6)7)30-48(39)61-51(50)58(49)44-32-42-43(57(14,15)27-26-56(42,12)13)33-45(44)59(46)38-21-23-40-41(31-38)55(10,11)25-24-54(40,8)9/h16-23,28-33H,24-27H2,1-15H3. The molecule has 2 aliphatic carbocycles. The molecule has 0 radical (unpaired) electrons. The molecule has 0 saturated heterocycles. The van der Waals surface area contributed by atoms with Crippen molar-refractivity contribution >= 4 is 68.4 Å². The second-order valence-electron chi connectivity index (χ2n) is 24.1. The Kier molecular flexibility index (Phi) is 8.41. The molecule has 0 fully saturated rings. The first-order chi connectivity index (χ1) is 28.4. The zero-order valence-corrected chi connectivity index (χ0v) is 39.8. The zero-order valence-electron chi connectivity index (χ0n) is 39.8. The molecule has 3 nitrogen and oxygen atoms in total. The van der Waals surface area contributed by atoms with Gasteiger partial charge in [0.05, 0.1) is 11.3 Å². The fourth-order valence-corrected chi connectivity index (χ4v) is 11.5. The highest BCUT2D eigenvalue weighted by Crippen LogP contribution is 2.53. The van der Waals surface area contributed by atoms with Gasteiger partial charge in [-0.1, -0.05) is 127 Å². The summed E-state index contributed by atoms with van der Waals surface area (Å²) in [6.07, 6.45) is 4.72. The smallest absolute Gasteiger partial charge is 0.297 e. The number of fused-ring (bicyclic) bond motifs is 8. The molecule has 1 aromatic heterocycles. The van der Waals surface area contributed by atoms with Gasteiger partial charge in [-0.05, 0) is 170 Å². The lowest BCUT2D eigenvalue weighted by Crippen LogP contribution is -2.61. The monoisotopic (exact) mass is 807 g/mol. The van der Waals surface area contributed by atoms with Crippen LogP contribution in [0.4, 0.5) is 34.1 Å². The van der Waals surface area contributed by atoms with Crippen molar-refractivity contribution in [3.8, 4) is 0 Å². The number of furan rings is 1. The highest BCUT2D eigenvalue weighted by atomic mass is 16.3. The van der Waals surface area contributed by atoms with Gasteiger partial charge in [-0.3, -0.25) is 0 Å². The molecule has 6 aromatic rings. The Morgan fingerprint density at radius 2 is 1.02 bits per heavy atom. The van der Waals surface area contributed by atoms with Crippen LogP contribution in [0.25, 0.3) is 11.0 Å². The van der Waals surface area contributed by atoms with Crippen LogP contribution in [-0.2, 0) is 32.5 Å². The van der Waals surface area contributed by atoms with Gasteiger partial charge in [-0.25, -0.2) is 0 Å². The van der Waals surface area contributed by atoms with E-state index in [-0.39, 0.29) is 39.2 Å². The van der Waals surface area contributed by atoms with Crippen LogP contribution in [0.15, 0.2) is 89.3 Å². The molecule has 2 aliphatic heterocycles. The first-order valence-corrected chi connectivity index (χ1v) is 23.1. The van der Waals surface area contributed by atoms with Crippen molar-refractivity contribution in [3.63, 3.8) is 0 Å². The molecule has 10 rings (SSSR count). The van der Waals surface area contributed by atoms with Gasteiger partial charge >= 0.3 is 0 Å². The molecule has 0 spiro atoms. The largest absolute Gasteiger partial charge is 0.468 e. The molecule has 3 heterocycles. The Bertz CT molecular complexity index is 2800. The number of hydrogen-bond donors (Lipinski definition) is 0. The first-order valence-electron chi connectivity index (χ1n) is 23.1. The topological polar surface area (TPSA) is 19.6 Å². The zero-order chi connectivity index (χ0) is 43.6. The summed E-state index contributed by atoms with van der Waals surface area (Å²) >= 11 is 0. The van der Waals surface area contributed by atoms with Crippen LogP contribution >= 0.6 is 0 Å². The molecule has 4 aliphatic rings. The lowest BCUT2D eigenvalue weighted by molar-refractivity contribution is 0.332. The van der Waals surface area contributed by atoms with E-state index < -0.39 is 0 Å². The van der Waals surface area contributed by atoms with Crippen LogP contribution in [0.2, 0.25) is 0 Å². The average Bonchev–Trinajstić information content (AvgIpc) is 3.56. The van der Waals surface area contributed by atoms with E-state index in [0.717, 1.165) is 16.9 Å². The maximum Gasteiger partial charge on any atom is 0.297 e. The maximum absolute atomic E-state index is 7.43. The molecular weight excluding hydrogens is 739 g/mol. The first kappa shape index (κ1) is 40.4. The van der Waals surface area contributed by atoms with Gasteiger partial charge in [-0.2, -0.15) is 0 Å². The molecule has 0 amide bonds. The van der Waals surface area contributed by atoms with E-state index in [1.807, 2.05) is 0 Å². The van der Waals surface area contributed by atoms with Crippen molar-refractivity contribution < 1.29 is 4.42 Å². The fourth-order valence-electron chi connectivity index (χ4n) is 11.5. The molecule has 0 N–H and O–H groups in total. The number of hydrogen-bond acceptors (Lipinski definition) is 3. The number of rotatable bonds is 2. The minimum atomic E-state index is -0.0819. The van der Waals surface area contributed by atoms with Crippen molar-refractivity contribution in [1.29, 1.82) is 0 Å². The molecule has 0 bridgehead atoms. The third-order valence-corrected chi connectivity index (χ3v) is 15.7. The average molecular weight is 807 g/mol. The summed E-state index contributed by atoms with van der Waals surface area (Å²) in [5.41, 5.74) is 22.2. The Morgan fingerprint density at radius 1 is 0.508 bits per heavy atom. The molecule has 0 saturated carbocycles. The summed E-state index contributed by atoms with van der Waals surface area (Å²) in [6.45, 7) is 35.7. The number of aryl methyl sites for hydroxylation is 1. The molecule has 0 atom stereocenters. The Morgan fingerprint density at radius 3 is 1.61 bits per heavy atom. The predicted octanol–water partition coefficient (Wildman–Crippen LogP) is 14.1. The minimum absolute atomic E-state index is 0.00868. The second-order valence-corrected chi connectivity index (χ2v) is 24.1. The van der Waals surface area contributed by atoms with Crippen LogP contribution in [0.3, 0.4) is 0 Å². The van der Waals surface area contributed by atoms with Gasteiger partial charge in [0.2, 0.25) is 0 Å². The molecular formula is C57H67BN2O. The van der Waals surface area contributed by atoms with Crippen LogP contribution in [0.5, 0.6) is 0 Å². The van der Waals surface area contributed by atoms with Crippen molar-refractivity contribution in [2.75, 3.05) is 9.80 Å². The minimum Gasteiger partial charge on any atom is -0.468 e. The third-order valence-electron chi connectivity index (χ3n) is 15.7. The lowest BCUT2D eigenvalue weighted by atomic mass is 9.35. The summed E-state index contributed by atoms with van der Waals surface area (Å²) in [6, 6.07) is 33.9. The summed E-state index contributed by atoms with van der Waals surface area (Å²) in [4.78, 5) is 5.19. The molecule has 61 heavy (non-hydrogen) atoms. The van der Waals surface area contributed by atoms with Gasteiger partial charge in [0, 0.05) is 33.8 Å². The van der Waals surface area contributed by atoms with Crippen LogP contribution < -0.4 is 26.4 Å². The fraction of sp³-hybridized carbons (Fsp3) is 0.439. The highest BCUT2D eigenvalue weighted by Gasteiger charge is 2.49. The Hall–Kier alpha value is -4.70. The SMILES string of the molecule is Cc1cc2c3c(c1)N(c1ccc(C(C)(C)C)cc1)c1c(oc4cc(C(C)(C)C)ccc14)B3c1cc3c(cc1N2c1ccc2c(c1)C(C)(C)CCC2(C)C)C(C)(C)CCC3(C)C. The van der Waals surface area contributed by atoms with E-state index in [1.54, 1.807) is 0 Å². The van der Waals surface area contributed by atoms with E-state index in [1.165, 1.54) is 109 Å². The number of anilines is 6. The van der Waals surface area contributed by atoms with Crippen LogP contribution in [0.1, 0.15) is 162 Å². The van der Waals surface area contributed by atoms with Gasteiger partial charge < -0.3 is 14.2 Å². The molecule has 0 unspecified atom stereocenters. The molecule has 4 heteroatoms. The lowest BCUT2D eigenvalue weighted by Gasteiger charge is -2.47. The van der Waals surface area contributed by atoms with E-state index in [9.17, 15) is 0 Å². The van der Waals surface area contributed by atoms with Crippen LogP contribution in [0, 0.1) is 6.92 Å². The van der Waals surface area contributed by atoms with Crippen molar-refractivity contribution in [1.82, 2.24) is 0 Å². The van der Waals surface area contributed by atoms with E-state index >= 15 is 0 Å². The molecule has 314 valence electrons. The van der Waals surface area contributed by atoms with Crippen molar-refractivity contribution in [2.24, 2.45) is 0 Å². The third kappa shape index (κ3) is 6.04.